The number of ether oxygens (including phenoxy) is 4. The lowest BCUT2D eigenvalue weighted by molar-refractivity contribution is -0.139. The highest BCUT2D eigenvalue weighted by atomic mass is 19.1. The summed E-state index contributed by atoms with van der Waals surface area (Å²) in [7, 11) is 0. The zero-order chi connectivity index (χ0) is 30.6. The molecule has 4 unspecified atom stereocenters. The minimum absolute atomic E-state index is 0.0465. The first kappa shape index (κ1) is 29.3. The highest BCUT2D eigenvalue weighted by molar-refractivity contribution is 5.95. The van der Waals surface area contributed by atoms with Crippen LogP contribution in [0.3, 0.4) is 0 Å². The summed E-state index contributed by atoms with van der Waals surface area (Å²) in [5.74, 6) is -1.71. The standard InChI is InChI=1S/C30H29FN6O7/c1-2-32-30(40)36-26-23-27(34-15-33-26)37(16-35-23)28-25-24(43-22(44-25)12-11-17-7-4-3-5-8-17)21(42-28)14-41-13-19-18(29(38)39)9-6-10-20(19)31/h3-12,15-16,21-22,24-25,28H,2,13-14H2,1H3,(H,38,39)(H2,32,33,34,36,40)/t21?,22-,24?,25?,28?/m0/s1. The van der Waals surface area contributed by atoms with Gasteiger partial charge in [-0.25, -0.2) is 28.9 Å². The summed E-state index contributed by atoms with van der Waals surface area (Å²) in [4.78, 5) is 36.7. The molecule has 44 heavy (non-hydrogen) atoms. The summed E-state index contributed by atoms with van der Waals surface area (Å²) in [6.07, 6.45) is 3.14. The number of carboxylic acids is 1. The van der Waals surface area contributed by atoms with Crippen molar-refractivity contribution in [2.45, 2.75) is 44.4 Å². The molecular formula is C30H29FN6O7. The van der Waals surface area contributed by atoms with E-state index in [9.17, 15) is 19.1 Å². The molecule has 0 saturated carbocycles. The number of urea groups is 1. The monoisotopic (exact) mass is 604 g/mol. The summed E-state index contributed by atoms with van der Waals surface area (Å²) in [5, 5.41) is 14.8. The van der Waals surface area contributed by atoms with Crippen LogP contribution in [0.25, 0.3) is 17.2 Å². The fourth-order valence-corrected chi connectivity index (χ4v) is 5.19. The summed E-state index contributed by atoms with van der Waals surface area (Å²) >= 11 is 0. The largest absolute Gasteiger partial charge is 0.478 e. The average Bonchev–Trinajstić information content (AvgIpc) is 3.72. The number of fused-ring (bicyclic) bond motifs is 2. The zero-order valence-electron chi connectivity index (χ0n) is 23.5. The number of halogens is 1. The molecule has 4 aromatic rings. The van der Waals surface area contributed by atoms with E-state index in [0.29, 0.717) is 17.7 Å². The molecule has 0 bridgehead atoms. The molecule has 2 aromatic carbocycles. The maximum atomic E-state index is 14.5. The van der Waals surface area contributed by atoms with Crippen molar-refractivity contribution in [1.82, 2.24) is 24.8 Å². The Hall–Kier alpha value is -4.76. The van der Waals surface area contributed by atoms with Crippen LogP contribution in [0, 0.1) is 5.82 Å². The molecule has 0 radical (unpaired) electrons. The van der Waals surface area contributed by atoms with Gasteiger partial charge in [-0.15, -0.1) is 0 Å². The lowest BCUT2D eigenvalue weighted by atomic mass is 10.1. The van der Waals surface area contributed by atoms with E-state index in [4.69, 9.17) is 18.9 Å². The van der Waals surface area contributed by atoms with Gasteiger partial charge in [0, 0.05) is 12.1 Å². The van der Waals surface area contributed by atoms with E-state index in [2.05, 4.69) is 25.6 Å². The zero-order valence-corrected chi connectivity index (χ0v) is 23.5. The van der Waals surface area contributed by atoms with Gasteiger partial charge in [0.05, 0.1) is 25.1 Å². The first-order valence-electron chi connectivity index (χ1n) is 13.9. The fourth-order valence-electron chi connectivity index (χ4n) is 5.19. The topological polar surface area (TPSA) is 159 Å². The molecule has 2 aromatic heterocycles. The number of carbonyl (C=O) groups excluding carboxylic acids is 1. The molecule has 2 aliphatic rings. The molecule has 2 aliphatic heterocycles. The number of carbonyl (C=O) groups is 2. The molecule has 14 heteroatoms. The fraction of sp³-hybridized carbons (Fsp3) is 0.300. The Bertz CT molecular complexity index is 1680. The van der Waals surface area contributed by atoms with Gasteiger partial charge < -0.3 is 29.4 Å². The van der Waals surface area contributed by atoms with E-state index in [1.807, 2.05) is 36.4 Å². The third-order valence-corrected chi connectivity index (χ3v) is 7.19. The predicted octanol–water partition coefficient (Wildman–Crippen LogP) is 3.74. The SMILES string of the molecule is CCNC(=O)Nc1ncnc2c1ncn2C1OC(COCc2c(F)cccc2C(=O)O)C2O[C@H](C=Cc3ccccc3)OC21. The summed E-state index contributed by atoms with van der Waals surface area (Å²) in [5.41, 5.74) is 1.46. The number of rotatable bonds is 10. The van der Waals surface area contributed by atoms with Crippen LogP contribution in [0.15, 0.2) is 67.3 Å². The van der Waals surface area contributed by atoms with E-state index in [1.54, 1.807) is 17.6 Å². The lowest BCUT2D eigenvalue weighted by Gasteiger charge is -2.20. The van der Waals surface area contributed by atoms with Crippen molar-refractivity contribution < 1.29 is 38.0 Å². The van der Waals surface area contributed by atoms with E-state index >= 15 is 0 Å². The Morgan fingerprint density at radius 1 is 1.07 bits per heavy atom. The van der Waals surface area contributed by atoms with E-state index < -0.39 is 48.6 Å². The molecular weight excluding hydrogens is 575 g/mol. The van der Waals surface area contributed by atoms with Crippen molar-refractivity contribution in [3.8, 4) is 0 Å². The van der Waals surface area contributed by atoms with Gasteiger partial charge in [0.25, 0.3) is 0 Å². The van der Waals surface area contributed by atoms with Crippen molar-refractivity contribution in [3.05, 3.63) is 89.8 Å². The number of carboxylic acid groups (broad SMARTS) is 1. The number of hydrogen-bond acceptors (Lipinski definition) is 9. The number of benzene rings is 2. The van der Waals surface area contributed by atoms with E-state index in [1.165, 1.54) is 30.9 Å². The third kappa shape index (κ3) is 6.01. The smallest absolute Gasteiger partial charge is 0.336 e. The van der Waals surface area contributed by atoms with Crippen LogP contribution in [0.4, 0.5) is 15.0 Å². The van der Waals surface area contributed by atoms with Gasteiger partial charge in [-0.05, 0) is 30.7 Å². The second kappa shape index (κ2) is 12.9. The number of aromatic carboxylic acids is 1. The molecule has 0 aliphatic carbocycles. The number of nitrogens with zero attached hydrogens (tertiary/aromatic N) is 4. The molecule has 5 atom stereocenters. The van der Waals surface area contributed by atoms with Gasteiger partial charge in [0.2, 0.25) is 0 Å². The lowest BCUT2D eigenvalue weighted by Crippen LogP contribution is -2.32. The van der Waals surface area contributed by atoms with Crippen LogP contribution in [0.5, 0.6) is 0 Å². The molecule has 13 nitrogen and oxygen atoms in total. The minimum Gasteiger partial charge on any atom is -0.478 e. The highest BCUT2D eigenvalue weighted by Crippen LogP contribution is 2.41. The third-order valence-electron chi connectivity index (χ3n) is 7.19. The second-order valence-corrected chi connectivity index (χ2v) is 10.0. The van der Waals surface area contributed by atoms with E-state index in [-0.39, 0.29) is 30.2 Å². The molecule has 4 heterocycles. The first-order chi connectivity index (χ1) is 21.4. The Kier molecular flexibility index (Phi) is 8.56. The summed E-state index contributed by atoms with van der Waals surface area (Å²) < 4.78 is 40.8. The van der Waals surface area contributed by atoms with Crippen LogP contribution in [0.2, 0.25) is 0 Å². The average molecular weight is 605 g/mol. The van der Waals surface area contributed by atoms with Crippen molar-refractivity contribution >= 4 is 35.1 Å². The first-order valence-corrected chi connectivity index (χ1v) is 13.9. The normalized spacial score (nSPS) is 22.8. The Labute approximate surface area is 250 Å². The summed E-state index contributed by atoms with van der Waals surface area (Å²) in [6.45, 7) is 1.90. The van der Waals surface area contributed by atoms with Gasteiger partial charge in [0.15, 0.2) is 29.5 Å². The van der Waals surface area contributed by atoms with E-state index in [0.717, 1.165) is 5.56 Å². The molecule has 6 rings (SSSR count). The predicted molar refractivity (Wildman–Crippen MR) is 154 cm³/mol. The molecule has 2 fully saturated rings. The van der Waals surface area contributed by atoms with Crippen molar-refractivity contribution in [3.63, 3.8) is 0 Å². The second-order valence-electron chi connectivity index (χ2n) is 10.0. The highest BCUT2D eigenvalue weighted by Gasteiger charge is 2.53. The van der Waals surface area contributed by atoms with Gasteiger partial charge in [-0.3, -0.25) is 9.88 Å². The Morgan fingerprint density at radius 2 is 1.89 bits per heavy atom. The van der Waals surface area contributed by atoms with Crippen LogP contribution in [-0.4, -0.2) is 74.4 Å². The molecule has 0 spiro atoms. The van der Waals surface area contributed by atoms with Crippen LogP contribution >= 0.6 is 0 Å². The van der Waals surface area contributed by atoms with Crippen molar-refractivity contribution in [2.75, 3.05) is 18.5 Å². The number of amides is 2. The quantitative estimate of drug-likeness (QED) is 0.243. The maximum absolute atomic E-state index is 14.5. The molecule has 2 saturated heterocycles. The number of nitrogens with one attached hydrogen (secondary N) is 2. The number of imidazole rings is 1. The minimum atomic E-state index is -1.25. The molecule has 3 N–H and O–H groups in total. The summed E-state index contributed by atoms with van der Waals surface area (Å²) in [6, 6.07) is 13.1. The van der Waals surface area contributed by atoms with Gasteiger partial charge in [-0.1, -0.05) is 42.5 Å². The Morgan fingerprint density at radius 3 is 2.68 bits per heavy atom. The van der Waals surface area contributed by atoms with Gasteiger partial charge in [0.1, 0.15) is 30.5 Å². The molecule has 228 valence electrons. The van der Waals surface area contributed by atoms with Gasteiger partial charge in [-0.2, -0.15) is 0 Å². The number of hydrogen-bond donors (Lipinski definition) is 3. The van der Waals surface area contributed by atoms with Crippen molar-refractivity contribution in [2.24, 2.45) is 0 Å². The van der Waals surface area contributed by atoms with Crippen LogP contribution < -0.4 is 10.6 Å². The molecule has 2 amide bonds. The number of anilines is 1. The van der Waals surface area contributed by atoms with Crippen LogP contribution in [0.1, 0.15) is 34.6 Å². The number of aromatic nitrogens is 4. The Balaban J connectivity index is 1.25. The van der Waals surface area contributed by atoms with Crippen LogP contribution in [-0.2, 0) is 25.6 Å². The van der Waals surface area contributed by atoms with Gasteiger partial charge >= 0.3 is 12.0 Å². The van der Waals surface area contributed by atoms with Crippen molar-refractivity contribution in [1.29, 1.82) is 0 Å². The maximum Gasteiger partial charge on any atom is 0.336 e.